The monoisotopic (exact) mass is 322 g/mol. The molecule has 0 aromatic carbocycles. The average Bonchev–Trinajstić information content (AvgIpc) is 3.18. The molecule has 4 saturated heterocycles. The van der Waals surface area contributed by atoms with Gasteiger partial charge in [0.1, 0.15) is 12.7 Å². The second kappa shape index (κ2) is 5.19. The topological polar surface area (TPSA) is 76.2 Å². The molecule has 0 saturated carbocycles. The largest absolute Gasteiger partial charge is 0.447 e. The van der Waals surface area contributed by atoms with Crippen LogP contribution in [0.1, 0.15) is 39.0 Å². The minimum Gasteiger partial charge on any atom is -0.447 e. The zero-order chi connectivity index (χ0) is 16.2. The van der Waals surface area contributed by atoms with Crippen LogP contribution in [-0.2, 0) is 19.1 Å². The van der Waals surface area contributed by atoms with E-state index in [0.717, 1.165) is 25.7 Å². The Balaban J connectivity index is 1.71. The van der Waals surface area contributed by atoms with Crippen molar-refractivity contribution in [2.45, 2.75) is 50.9 Å². The highest BCUT2D eigenvalue weighted by Gasteiger charge is 2.70. The molecule has 0 aromatic rings. The summed E-state index contributed by atoms with van der Waals surface area (Å²) < 4.78 is 11.1. The molecule has 4 rings (SSSR count). The molecule has 4 aliphatic heterocycles. The zero-order valence-electron chi connectivity index (χ0n) is 13.3. The van der Waals surface area contributed by atoms with Crippen molar-refractivity contribution in [2.75, 3.05) is 19.7 Å². The number of nitrogens with zero attached hydrogens (tertiary/aromatic N) is 2. The quantitative estimate of drug-likeness (QED) is 0.778. The van der Waals surface area contributed by atoms with E-state index in [-0.39, 0.29) is 24.3 Å². The number of carbonyl (C=O) groups excluding carboxylic acids is 3. The van der Waals surface area contributed by atoms with Gasteiger partial charge in [-0.25, -0.2) is 9.69 Å². The van der Waals surface area contributed by atoms with Crippen LogP contribution in [0.5, 0.6) is 0 Å². The molecule has 126 valence electrons. The lowest BCUT2D eigenvalue weighted by Gasteiger charge is -2.46. The lowest BCUT2D eigenvalue weighted by molar-refractivity contribution is -0.163. The van der Waals surface area contributed by atoms with E-state index in [9.17, 15) is 14.4 Å². The molecule has 2 bridgehead atoms. The molecule has 4 heterocycles. The first-order chi connectivity index (χ1) is 11.1. The molecule has 0 unspecified atom stereocenters. The van der Waals surface area contributed by atoms with E-state index in [1.807, 2.05) is 6.92 Å². The number of piperidine rings is 2. The van der Waals surface area contributed by atoms with Gasteiger partial charge < -0.3 is 14.4 Å². The van der Waals surface area contributed by atoms with E-state index < -0.39 is 23.8 Å². The Morgan fingerprint density at radius 1 is 1.30 bits per heavy atom. The molecule has 1 spiro atoms. The summed E-state index contributed by atoms with van der Waals surface area (Å²) in [5.74, 6) is -0.789. The Labute approximate surface area is 134 Å². The van der Waals surface area contributed by atoms with Crippen molar-refractivity contribution in [3.8, 4) is 0 Å². The summed E-state index contributed by atoms with van der Waals surface area (Å²) in [4.78, 5) is 40.5. The summed E-state index contributed by atoms with van der Waals surface area (Å²) in [5.41, 5.74) is -0.834. The SMILES string of the molecule is CCC[C@@H]1[C@H]2O[C@@]3(CCCCN3C2=O)[C@H]1C(=O)N1CCOC1=O. The third-order valence-electron chi connectivity index (χ3n) is 5.68. The zero-order valence-corrected chi connectivity index (χ0v) is 13.3. The average molecular weight is 322 g/mol. The molecule has 4 fully saturated rings. The summed E-state index contributed by atoms with van der Waals surface area (Å²) in [6, 6.07) is 0. The molecule has 4 aliphatic rings. The van der Waals surface area contributed by atoms with Crippen LogP contribution in [-0.4, -0.2) is 59.2 Å². The summed E-state index contributed by atoms with van der Waals surface area (Å²) in [6.45, 7) is 3.22. The minimum atomic E-state index is -0.834. The minimum absolute atomic E-state index is 0.0243. The van der Waals surface area contributed by atoms with Gasteiger partial charge in [0.2, 0.25) is 5.91 Å². The van der Waals surface area contributed by atoms with E-state index in [4.69, 9.17) is 9.47 Å². The number of cyclic esters (lactones) is 1. The number of carbonyl (C=O) groups is 3. The van der Waals surface area contributed by atoms with Crippen LogP contribution in [0.4, 0.5) is 4.79 Å². The number of imide groups is 1. The highest BCUT2D eigenvalue weighted by atomic mass is 16.6. The van der Waals surface area contributed by atoms with Gasteiger partial charge in [0.15, 0.2) is 5.72 Å². The molecule has 7 nitrogen and oxygen atoms in total. The van der Waals surface area contributed by atoms with Gasteiger partial charge >= 0.3 is 6.09 Å². The van der Waals surface area contributed by atoms with Crippen molar-refractivity contribution in [2.24, 2.45) is 11.8 Å². The molecule has 0 aromatic heterocycles. The lowest BCUT2D eigenvalue weighted by Crippen LogP contribution is -2.62. The van der Waals surface area contributed by atoms with Gasteiger partial charge in [-0.15, -0.1) is 0 Å². The standard InChI is InChI=1S/C16H22N2O5/c1-2-5-10-11(13(19)17-8-9-22-15(17)21)16-6-3-4-7-18(16)14(20)12(10)23-16/h10-12H,2-9H2,1H3/t10-,11+,12+,16-/m0/s1. The van der Waals surface area contributed by atoms with Gasteiger partial charge in [-0.2, -0.15) is 0 Å². The highest BCUT2D eigenvalue weighted by molar-refractivity contribution is 5.97. The van der Waals surface area contributed by atoms with Crippen LogP contribution in [0.3, 0.4) is 0 Å². The molecule has 0 N–H and O–H groups in total. The fraction of sp³-hybridized carbons (Fsp3) is 0.812. The predicted octanol–water partition coefficient (Wildman–Crippen LogP) is 1.12. The third-order valence-corrected chi connectivity index (χ3v) is 5.68. The van der Waals surface area contributed by atoms with Crippen LogP contribution in [0, 0.1) is 11.8 Å². The van der Waals surface area contributed by atoms with Crippen LogP contribution in [0.25, 0.3) is 0 Å². The Morgan fingerprint density at radius 3 is 2.83 bits per heavy atom. The van der Waals surface area contributed by atoms with Crippen molar-refractivity contribution in [1.82, 2.24) is 9.80 Å². The van der Waals surface area contributed by atoms with Gasteiger partial charge in [0.25, 0.3) is 5.91 Å². The van der Waals surface area contributed by atoms with Crippen LogP contribution >= 0.6 is 0 Å². The summed E-state index contributed by atoms with van der Waals surface area (Å²) in [5, 5.41) is 0. The number of hydrogen-bond donors (Lipinski definition) is 0. The maximum absolute atomic E-state index is 13.1. The molecule has 23 heavy (non-hydrogen) atoms. The van der Waals surface area contributed by atoms with E-state index >= 15 is 0 Å². The van der Waals surface area contributed by atoms with Crippen molar-refractivity contribution < 1.29 is 23.9 Å². The second-order valence-corrected chi connectivity index (χ2v) is 6.86. The number of ether oxygens (including phenoxy) is 2. The van der Waals surface area contributed by atoms with Crippen molar-refractivity contribution in [3.05, 3.63) is 0 Å². The van der Waals surface area contributed by atoms with Crippen LogP contribution in [0.15, 0.2) is 0 Å². The van der Waals surface area contributed by atoms with Gasteiger partial charge in [0.05, 0.1) is 12.5 Å². The maximum atomic E-state index is 13.1. The molecule has 0 aliphatic carbocycles. The Bertz CT molecular complexity index is 565. The third kappa shape index (κ3) is 1.89. The normalized spacial score (nSPS) is 38.9. The summed E-state index contributed by atoms with van der Waals surface area (Å²) >= 11 is 0. The van der Waals surface area contributed by atoms with E-state index in [2.05, 4.69) is 0 Å². The second-order valence-electron chi connectivity index (χ2n) is 6.86. The van der Waals surface area contributed by atoms with Gasteiger partial charge in [-0.05, 0) is 25.7 Å². The number of rotatable bonds is 3. The molecule has 4 atom stereocenters. The van der Waals surface area contributed by atoms with Crippen molar-refractivity contribution in [1.29, 1.82) is 0 Å². The first kappa shape index (κ1) is 14.9. The number of hydrogen-bond acceptors (Lipinski definition) is 5. The van der Waals surface area contributed by atoms with Gasteiger partial charge in [-0.3, -0.25) is 9.59 Å². The summed E-state index contributed by atoms with van der Waals surface area (Å²) in [6.07, 6.45) is 3.08. The van der Waals surface area contributed by atoms with Crippen LogP contribution < -0.4 is 0 Å². The Hall–Kier alpha value is -1.63. The van der Waals surface area contributed by atoms with Gasteiger partial charge in [-0.1, -0.05) is 13.3 Å². The van der Waals surface area contributed by atoms with E-state index in [1.54, 1.807) is 4.90 Å². The Kier molecular flexibility index (Phi) is 3.37. The summed E-state index contributed by atoms with van der Waals surface area (Å²) in [7, 11) is 0. The first-order valence-corrected chi connectivity index (χ1v) is 8.57. The van der Waals surface area contributed by atoms with E-state index in [0.29, 0.717) is 19.5 Å². The lowest BCUT2D eigenvalue weighted by atomic mass is 9.73. The number of fused-ring (bicyclic) bond motifs is 1. The fourth-order valence-corrected chi connectivity index (χ4v) is 4.78. The number of amides is 3. The van der Waals surface area contributed by atoms with Crippen molar-refractivity contribution in [3.63, 3.8) is 0 Å². The molecular formula is C16H22N2O5. The molecule has 7 heteroatoms. The molecule has 0 radical (unpaired) electrons. The van der Waals surface area contributed by atoms with E-state index in [1.165, 1.54) is 4.90 Å². The highest BCUT2D eigenvalue weighted by Crippen LogP contribution is 2.55. The first-order valence-electron chi connectivity index (χ1n) is 8.57. The maximum Gasteiger partial charge on any atom is 0.416 e. The smallest absolute Gasteiger partial charge is 0.416 e. The fourth-order valence-electron chi connectivity index (χ4n) is 4.78. The molecular weight excluding hydrogens is 300 g/mol. The van der Waals surface area contributed by atoms with Crippen LogP contribution in [0.2, 0.25) is 0 Å². The van der Waals surface area contributed by atoms with Crippen molar-refractivity contribution >= 4 is 17.9 Å². The Morgan fingerprint density at radius 2 is 2.13 bits per heavy atom. The molecule has 3 amide bonds. The predicted molar refractivity (Wildman–Crippen MR) is 78.1 cm³/mol. The van der Waals surface area contributed by atoms with Gasteiger partial charge in [0, 0.05) is 12.5 Å².